The summed E-state index contributed by atoms with van der Waals surface area (Å²) in [5.41, 5.74) is -0.882. The molecular formula is C8H5Cl2NO4. The molecule has 1 aromatic rings. The first-order valence-corrected chi connectivity index (χ1v) is 4.45. The molecule has 0 atom stereocenters. The molecule has 1 rings (SSSR count). The Morgan fingerprint density at radius 1 is 1.53 bits per heavy atom. The SMILES string of the molecule is COc1ccc(Cl)c([N+](=O)[O-])c1C(=O)Cl. The van der Waals surface area contributed by atoms with E-state index in [4.69, 9.17) is 27.9 Å². The normalized spacial score (nSPS) is 9.80. The molecule has 0 amide bonds. The Balaban J connectivity index is 3.58. The van der Waals surface area contributed by atoms with E-state index in [1.165, 1.54) is 19.2 Å². The Bertz CT molecular complexity index is 433. The van der Waals surface area contributed by atoms with Crippen molar-refractivity contribution in [2.45, 2.75) is 0 Å². The predicted molar refractivity (Wildman–Crippen MR) is 54.8 cm³/mol. The quantitative estimate of drug-likeness (QED) is 0.469. The third-order valence-corrected chi connectivity index (χ3v) is 2.18. The van der Waals surface area contributed by atoms with Gasteiger partial charge in [-0.05, 0) is 23.7 Å². The van der Waals surface area contributed by atoms with Crippen molar-refractivity contribution in [3.8, 4) is 5.75 Å². The Hall–Kier alpha value is -1.33. The highest BCUT2D eigenvalue weighted by atomic mass is 35.5. The average molecular weight is 250 g/mol. The lowest BCUT2D eigenvalue weighted by Gasteiger charge is -2.05. The number of nitrogens with zero attached hydrogens (tertiary/aromatic N) is 1. The molecule has 0 aliphatic rings. The zero-order chi connectivity index (χ0) is 11.6. The van der Waals surface area contributed by atoms with E-state index in [0.29, 0.717) is 0 Å². The summed E-state index contributed by atoms with van der Waals surface area (Å²) >= 11 is 10.8. The molecule has 0 aliphatic carbocycles. The van der Waals surface area contributed by atoms with E-state index in [1.807, 2.05) is 0 Å². The van der Waals surface area contributed by atoms with Crippen LogP contribution in [-0.4, -0.2) is 17.3 Å². The van der Waals surface area contributed by atoms with E-state index in [-0.39, 0.29) is 16.3 Å². The van der Waals surface area contributed by atoms with Gasteiger partial charge in [-0.1, -0.05) is 11.6 Å². The number of carbonyl (C=O) groups excluding carboxylic acids is 1. The smallest absolute Gasteiger partial charge is 0.303 e. The van der Waals surface area contributed by atoms with Crippen LogP contribution in [0.15, 0.2) is 12.1 Å². The largest absolute Gasteiger partial charge is 0.496 e. The van der Waals surface area contributed by atoms with Crippen molar-refractivity contribution in [1.29, 1.82) is 0 Å². The third-order valence-electron chi connectivity index (χ3n) is 1.69. The van der Waals surface area contributed by atoms with Crippen molar-refractivity contribution in [3.05, 3.63) is 32.8 Å². The highest BCUT2D eigenvalue weighted by molar-refractivity contribution is 6.68. The molecule has 0 saturated carbocycles. The molecule has 0 saturated heterocycles. The van der Waals surface area contributed by atoms with Crippen molar-refractivity contribution in [2.24, 2.45) is 0 Å². The fourth-order valence-corrected chi connectivity index (χ4v) is 1.49. The van der Waals surface area contributed by atoms with Gasteiger partial charge in [-0.25, -0.2) is 0 Å². The lowest BCUT2D eigenvalue weighted by Crippen LogP contribution is -2.02. The van der Waals surface area contributed by atoms with Crippen molar-refractivity contribution < 1.29 is 14.5 Å². The zero-order valence-corrected chi connectivity index (χ0v) is 9.00. The molecule has 0 aliphatic heterocycles. The summed E-state index contributed by atoms with van der Waals surface area (Å²) in [4.78, 5) is 20.9. The van der Waals surface area contributed by atoms with Gasteiger partial charge < -0.3 is 4.74 Å². The van der Waals surface area contributed by atoms with E-state index in [1.54, 1.807) is 0 Å². The monoisotopic (exact) mass is 249 g/mol. The van der Waals surface area contributed by atoms with Gasteiger partial charge in [0, 0.05) is 0 Å². The van der Waals surface area contributed by atoms with Gasteiger partial charge in [-0.2, -0.15) is 0 Å². The number of nitro groups is 1. The van der Waals surface area contributed by atoms with Crippen molar-refractivity contribution in [2.75, 3.05) is 7.11 Å². The maximum absolute atomic E-state index is 11.0. The number of nitro benzene ring substituents is 1. The number of carbonyl (C=O) groups is 1. The summed E-state index contributed by atoms with van der Waals surface area (Å²) in [7, 11) is 1.27. The number of rotatable bonds is 3. The van der Waals surface area contributed by atoms with Gasteiger partial charge in [0.25, 0.3) is 5.24 Å². The summed E-state index contributed by atoms with van der Waals surface area (Å²) in [5, 5.41) is 9.52. The van der Waals surface area contributed by atoms with Crippen LogP contribution in [0.25, 0.3) is 0 Å². The highest BCUT2D eigenvalue weighted by Crippen LogP contribution is 2.35. The Morgan fingerprint density at radius 3 is 2.53 bits per heavy atom. The number of methoxy groups -OCH3 is 1. The third kappa shape index (κ3) is 2.19. The summed E-state index contributed by atoms with van der Waals surface area (Å²) in [6.45, 7) is 0. The number of benzene rings is 1. The Kier molecular flexibility index (Phi) is 3.49. The second kappa shape index (κ2) is 4.46. The molecule has 0 spiro atoms. The Labute approximate surface area is 94.7 Å². The fourth-order valence-electron chi connectivity index (χ4n) is 1.09. The van der Waals surface area contributed by atoms with Crippen LogP contribution >= 0.6 is 23.2 Å². The van der Waals surface area contributed by atoms with Gasteiger partial charge in [-0.3, -0.25) is 14.9 Å². The van der Waals surface area contributed by atoms with Crippen LogP contribution in [0, 0.1) is 10.1 Å². The molecule has 0 N–H and O–H groups in total. The van der Waals surface area contributed by atoms with Crippen LogP contribution in [-0.2, 0) is 0 Å². The molecule has 0 bridgehead atoms. The standard InChI is InChI=1S/C8H5Cl2NO4/c1-15-5-3-2-4(9)7(11(13)14)6(5)8(10)12/h2-3H,1H3. The summed E-state index contributed by atoms with van der Waals surface area (Å²) < 4.78 is 4.78. The molecule has 5 nitrogen and oxygen atoms in total. The molecule has 0 aromatic heterocycles. The summed E-state index contributed by atoms with van der Waals surface area (Å²) in [6.07, 6.45) is 0. The molecule has 0 unspecified atom stereocenters. The minimum atomic E-state index is -0.985. The molecule has 7 heteroatoms. The van der Waals surface area contributed by atoms with Gasteiger partial charge in [-0.15, -0.1) is 0 Å². The molecule has 15 heavy (non-hydrogen) atoms. The Morgan fingerprint density at radius 2 is 2.13 bits per heavy atom. The van der Waals surface area contributed by atoms with Gasteiger partial charge in [0.2, 0.25) is 0 Å². The fraction of sp³-hybridized carbons (Fsp3) is 0.125. The van der Waals surface area contributed by atoms with Crippen LogP contribution < -0.4 is 4.74 Å². The summed E-state index contributed by atoms with van der Waals surface area (Å²) in [5.74, 6) is 0.0195. The minimum Gasteiger partial charge on any atom is -0.496 e. The summed E-state index contributed by atoms with van der Waals surface area (Å²) in [6, 6.07) is 2.60. The molecular weight excluding hydrogens is 245 g/mol. The molecule has 0 fully saturated rings. The topological polar surface area (TPSA) is 69.4 Å². The van der Waals surface area contributed by atoms with Crippen LogP contribution in [0.1, 0.15) is 10.4 Å². The lowest BCUT2D eigenvalue weighted by molar-refractivity contribution is -0.385. The van der Waals surface area contributed by atoms with Crippen LogP contribution in [0.2, 0.25) is 5.02 Å². The van der Waals surface area contributed by atoms with E-state index in [9.17, 15) is 14.9 Å². The maximum Gasteiger partial charge on any atom is 0.303 e. The second-order valence-electron chi connectivity index (χ2n) is 2.50. The number of halogens is 2. The minimum absolute atomic E-state index is 0.0195. The molecule has 80 valence electrons. The van der Waals surface area contributed by atoms with Gasteiger partial charge in [0.15, 0.2) is 5.56 Å². The van der Waals surface area contributed by atoms with Crippen molar-refractivity contribution in [3.63, 3.8) is 0 Å². The van der Waals surface area contributed by atoms with Gasteiger partial charge in [0.1, 0.15) is 10.8 Å². The average Bonchev–Trinajstić information content (AvgIpc) is 2.16. The number of hydrogen-bond donors (Lipinski definition) is 0. The van der Waals surface area contributed by atoms with E-state index in [0.717, 1.165) is 0 Å². The van der Waals surface area contributed by atoms with Crippen molar-refractivity contribution >= 4 is 34.1 Å². The van der Waals surface area contributed by atoms with Crippen LogP contribution in [0.4, 0.5) is 5.69 Å². The van der Waals surface area contributed by atoms with E-state index in [2.05, 4.69) is 0 Å². The van der Waals surface area contributed by atoms with Gasteiger partial charge in [0.05, 0.1) is 12.0 Å². The molecule has 0 heterocycles. The zero-order valence-electron chi connectivity index (χ0n) is 7.49. The first-order valence-electron chi connectivity index (χ1n) is 3.69. The predicted octanol–water partition coefficient (Wildman–Crippen LogP) is 2.64. The molecule has 1 aromatic carbocycles. The number of ether oxygens (including phenoxy) is 1. The second-order valence-corrected chi connectivity index (χ2v) is 3.25. The molecule has 0 radical (unpaired) electrons. The number of hydrogen-bond acceptors (Lipinski definition) is 4. The van der Waals surface area contributed by atoms with E-state index < -0.39 is 15.9 Å². The van der Waals surface area contributed by atoms with Crippen LogP contribution in [0.3, 0.4) is 0 Å². The lowest BCUT2D eigenvalue weighted by atomic mass is 10.1. The first-order chi connectivity index (χ1) is 6.99. The van der Waals surface area contributed by atoms with Gasteiger partial charge >= 0.3 is 5.69 Å². The highest BCUT2D eigenvalue weighted by Gasteiger charge is 2.27. The van der Waals surface area contributed by atoms with E-state index >= 15 is 0 Å². The maximum atomic E-state index is 11.0. The first kappa shape index (κ1) is 11.7. The van der Waals surface area contributed by atoms with Crippen LogP contribution in [0.5, 0.6) is 5.75 Å². The van der Waals surface area contributed by atoms with Crippen molar-refractivity contribution in [1.82, 2.24) is 0 Å².